The Morgan fingerprint density at radius 2 is 2.07 bits per heavy atom. The third kappa shape index (κ3) is 3.68. The molecule has 1 saturated carbocycles. The number of ether oxygens (including phenoxy) is 1. The molecule has 8 nitrogen and oxygen atoms in total. The Bertz CT molecular complexity index is 897. The minimum Gasteiger partial charge on any atom is -0.393 e. The zero-order valence-corrected chi connectivity index (χ0v) is 15.9. The number of fused-ring (bicyclic) bond motifs is 1. The van der Waals surface area contributed by atoms with Crippen LogP contribution in [0, 0.1) is 11.3 Å². The number of aliphatic hydroxyl groups excluding tert-OH is 1. The minimum absolute atomic E-state index is 0.0987. The van der Waals surface area contributed by atoms with Crippen LogP contribution in [0.5, 0.6) is 0 Å². The molecule has 2 aromatic rings. The molecule has 0 radical (unpaired) electrons. The van der Waals surface area contributed by atoms with E-state index in [1.807, 2.05) is 19.1 Å². The molecule has 1 amide bonds. The maximum atomic E-state index is 12.8. The van der Waals surface area contributed by atoms with Crippen LogP contribution < -0.4 is 10.2 Å². The van der Waals surface area contributed by atoms with Gasteiger partial charge in [-0.3, -0.25) is 4.79 Å². The van der Waals surface area contributed by atoms with Crippen molar-refractivity contribution in [2.75, 3.05) is 18.0 Å². The fourth-order valence-electron chi connectivity index (χ4n) is 4.16. The molecule has 0 aromatic carbocycles. The number of hydrogen-bond donors (Lipinski definition) is 2. The number of nitriles is 1. The van der Waals surface area contributed by atoms with Gasteiger partial charge in [0.2, 0.25) is 0 Å². The number of carbonyl (C=O) groups is 1. The predicted molar refractivity (Wildman–Crippen MR) is 103 cm³/mol. The van der Waals surface area contributed by atoms with Gasteiger partial charge in [-0.15, -0.1) is 0 Å². The van der Waals surface area contributed by atoms with Crippen LogP contribution in [-0.2, 0) is 9.53 Å². The molecule has 2 fully saturated rings. The van der Waals surface area contributed by atoms with Gasteiger partial charge in [0, 0.05) is 12.6 Å². The molecule has 28 heavy (non-hydrogen) atoms. The average Bonchev–Trinajstić information content (AvgIpc) is 3.18. The van der Waals surface area contributed by atoms with Gasteiger partial charge in [-0.05, 0) is 50.8 Å². The third-order valence-corrected chi connectivity index (χ3v) is 5.58. The number of nitrogens with zero attached hydrogens (tertiary/aromatic N) is 4. The first-order chi connectivity index (χ1) is 13.5. The molecule has 0 unspecified atom stereocenters. The summed E-state index contributed by atoms with van der Waals surface area (Å²) in [5.74, 6) is -0.101. The Morgan fingerprint density at radius 1 is 1.29 bits per heavy atom. The first-order valence-corrected chi connectivity index (χ1v) is 9.81. The SMILES string of the molecule is C[C@@H]1CN(c2ccc(C#N)n3nccc23)C[C@H](C(=O)NC2CCC(O)CC2)O1. The van der Waals surface area contributed by atoms with Crippen LogP contribution in [0.4, 0.5) is 5.69 Å². The maximum Gasteiger partial charge on any atom is 0.251 e. The van der Waals surface area contributed by atoms with Crippen molar-refractivity contribution in [1.82, 2.24) is 14.9 Å². The molecule has 2 atom stereocenters. The van der Waals surface area contributed by atoms with Crippen molar-refractivity contribution in [3.63, 3.8) is 0 Å². The normalized spacial score (nSPS) is 28.1. The summed E-state index contributed by atoms with van der Waals surface area (Å²) in [6.45, 7) is 3.06. The van der Waals surface area contributed by atoms with E-state index in [1.165, 1.54) is 0 Å². The third-order valence-electron chi connectivity index (χ3n) is 5.58. The summed E-state index contributed by atoms with van der Waals surface area (Å²) in [4.78, 5) is 14.9. The van der Waals surface area contributed by atoms with Crippen LogP contribution in [-0.4, -0.2) is 58.1 Å². The van der Waals surface area contributed by atoms with E-state index in [9.17, 15) is 15.2 Å². The quantitative estimate of drug-likeness (QED) is 0.826. The van der Waals surface area contributed by atoms with E-state index in [1.54, 1.807) is 16.8 Å². The highest BCUT2D eigenvalue weighted by atomic mass is 16.5. The predicted octanol–water partition coefficient (Wildman–Crippen LogP) is 1.22. The summed E-state index contributed by atoms with van der Waals surface area (Å²) in [7, 11) is 0. The molecule has 2 aromatic heterocycles. The number of rotatable bonds is 3. The summed E-state index contributed by atoms with van der Waals surface area (Å²) in [6, 6.07) is 7.77. The van der Waals surface area contributed by atoms with E-state index >= 15 is 0 Å². The number of pyridine rings is 1. The second-order valence-corrected chi connectivity index (χ2v) is 7.70. The van der Waals surface area contributed by atoms with Gasteiger partial charge in [0.15, 0.2) is 6.10 Å². The minimum atomic E-state index is -0.561. The Hall–Kier alpha value is -2.63. The molecule has 1 aliphatic heterocycles. The monoisotopic (exact) mass is 383 g/mol. The molecule has 1 saturated heterocycles. The van der Waals surface area contributed by atoms with E-state index in [-0.39, 0.29) is 24.2 Å². The van der Waals surface area contributed by atoms with E-state index in [4.69, 9.17) is 4.74 Å². The molecule has 2 N–H and O–H groups in total. The Balaban J connectivity index is 1.50. The molecular formula is C20H25N5O3. The molecule has 0 bridgehead atoms. The first-order valence-electron chi connectivity index (χ1n) is 9.81. The van der Waals surface area contributed by atoms with Gasteiger partial charge >= 0.3 is 0 Å². The molecular weight excluding hydrogens is 358 g/mol. The zero-order chi connectivity index (χ0) is 19.7. The molecule has 0 spiro atoms. The van der Waals surface area contributed by atoms with Gasteiger partial charge < -0.3 is 20.1 Å². The van der Waals surface area contributed by atoms with Gasteiger partial charge in [0.25, 0.3) is 5.91 Å². The highest BCUT2D eigenvalue weighted by molar-refractivity contribution is 5.83. The average molecular weight is 383 g/mol. The van der Waals surface area contributed by atoms with Gasteiger partial charge in [-0.25, -0.2) is 4.52 Å². The van der Waals surface area contributed by atoms with Crippen molar-refractivity contribution < 1.29 is 14.6 Å². The number of aromatic nitrogens is 2. The lowest BCUT2D eigenvalue weighted by molar-refractivity contribution is -0.138. The van der Waals surface area contributed by atoms with E-state index in [0.717, 1.165) is 36.9 Å². The number of hydrogen-bond acceptors (Lipinski definition) is 6. The lowest BCUT2D eigenvalue weighted by Gasteiger charge is -2.38. The number of aliphatic hydroxyl groups is 1. The summed E-state index contributed by atoms with van der Waals surface area (Å²) in [5.41, 5.74) is 2.25. The van der Waals surface area contributed by atoms with E-state index in [2.05, 4.69) is 21.4 Å². The number of carbonyl (C=O) groups excluding carboxylic acids is 1. The maximum absolute atomic E-state index is 12.8. The van der Waals surface area contributed by atoms with E-state index < -0.39 is 6.10 Å². The number of morpholine rings is 1. The molecule has 3 heterocycles. The van der Waals surface area contributed by atoms with Crippen LogP contribution >= 0.6 is 0 Å². The van der Waals surface area contributed by atoms with Crippen LogP contribution in [0.15, 0.2) is 24.4 Å². The van der Waals surface area contributed by atoms with Crippen LogP contribution in [0.2, 0.25) is 0 Å². The van der Waals surface area contributed by atoms with Crippen molar-refractivity contribution >= 4 is 17.1 Å². The highest BCUT2D eigenvalue weighted by Crippen LogP contribution is 2.27. The van der Waals surface area contributed by atoms with Crippen LogP contribution in [0.1, 0.15) is 38.3 Å². The largest absolute Gasteiger partial charge is 0.393 e. The summed E-state index contributed by atoms with van der Waals surface area (Å²) >= 11 is 0. The summed E-state index contributed by atoms with van der Waals surface area (Å²) in [5, 5.41) is 26.2. The summed E-state index contributed by atoms with van der Waals surface area (Å²) < 4.78 is 7.55. The van der Waals surface area contributed by atoms with Crippen molar-refractivity contribution in [1.29, 1.82) is 5.26 Å². The number of anilines is 1. The van der Waals surface area contributed by atoms with Gasteiger partial charge in [0.1, 0.15) is 11.8 Å². The highest BCUT2D eigenvalue weighted by Gasteiger charge is 2.33. The second kappa shape index (κ2) is 7.78. The second-order valence-electron chi connectivity index (χ2n) is 7.70. The molecule has 1 aliphatic carbocycles. The Labute approximate surface area is 163 Å². The molecule has 2 aliphatic rings. The fraction of sp³-hybridized carbons (Fsp3) is 0.550. The van der Waals surface area contributed by atoms with Crippen molar-refractivity contribution in [2.45, 2.75) is 57.0 Å². The van der Waals surface area contributed by atoms with Gasteiger partial charge in [0.05, 0.1) is 36.2 Å². The van der Waals surface area contributed by atoms with E-state index in [0.29, 0.717) is 18.8 Å². The number of amides is 1. The first kappa shape index (κ1) is 18.7. The van der Waals surface area contributed by atoms with Crippen LogP contribution in [0.3, 0.4) is 0 Å². The number of nitrogens with one attached hydrogen (secondary N) is 1. The molecule has 148 valence electrons. The lowest BCUT2D eigenvalue weighted by atomic mass is 9.93. The van der Waals surface area contributed by atoms with Crippen molar-refractivity contribution in [3.8, 4) is 6.07 Å². The Morgan fingerprint density at radius 3 is 2.82 bits per heavy atom. The molecule has 8 heteroatoms. The topological polar surface area (TPSA) is 103 Å². The van der Waals surface area contributed by atoms with Crippen molar-refractivity contribution in [2.24, 2.45) is 0 Å². The standard InChI is InChI=1S/C20H25N5O3/c1-13-11-24(17-7-4-15(10-21)25-18(17)8-9-22-25)12-19(28-13)20(27)23-14-2-5-16(26)6-3-14/h4,7-9,13-14,16,19,26H,2-3,5-6,11-12H2,1H3,(H,23,27)/t13-,14?,16?,19-/m1/s1. The summed E-state index contributed by atoms with van der Waals surface area (Å²) in [6.07, 6.45) is 3.81. The lowest BCUT2D eigenvalue weighted by Crippen LogP contribution is -2.54. The Kier molecular flexibility index (Phi) is 5.20. The van der Waals surface area contributed by atoms with Gasteiger partial charge in [-0.1, -0.05) is 0 Å². The smallest absolute Gasteiger partial charge is 0.251 e. The van der Waals surface area contributed by atoms with Gasteiger partial charge in [-0.2, -0.15) is 10.4 Å². The zero-order valence-electron chi connectivity index (χ0n) is 15.9. The fourth-order valence-corrected chi connectivity index (χ4v) is 4.16. The molecule has 4 rings (SSSR count). The van der Waals surface area contributed by atoms with Crippen molar-refractivity contribution in [3.05, 3.63) is 30.1 Å². The van der Waals surface area contributed by atoms with Crippen LogP contribution in [0.25, 0.3) is 5.52 Å².